The number of hydrogen-bond acceptors (Lipinski definition) is 4. The lowest BCUT2D eigenvalue weighted by Gasteiger charge is -2.23. The highest BCUT2D eigenvalue weighted by Gasteiger charge is 2.23. The van der Waals surface area contributed by atoms with Crippen LogP contribution in [0.3, 0.4) is 0 Å². The van der Waals surface area contributed by atoms with E-state index in [0.29, 0.717) is 23.3 Å². The Balaban J connectivity index is 1.97. The molecule has 0 fully saturated rings. The first-order chi connectivity index (χ1) is 10.6. The largest absolute Gasteiger partial charge is 0.386 e. The lowest BCUT2D eigenvalue weighted by atomic mass is 9.94. The number of halogens is 1. The Bertz CT molecular complexity index is 875. The fourth-order valence-corrected chi connectivity index (χ4v) is 2.92. The maximum absolute atomic E-state index is 14.5. The van der Waals surface area contributed by atoms with E-state index in [1.807, 2.05) is 7.05 Å². The molecule has 3 aromatic rings. The van der Waals surface area contributed by atoms with Gasteiger partial charge in [-0.15, -0.1) is 0 Å². The first-order valence-corrected chi connectivity index (χ1v) is 6.99. The molecule has 1 atom stereocenters. The molecule has 0 saturated carbocycles. The number of benzene rings is 1. The van der Waals surface area contributed by atoms with Gasteiger partial charge >= 0.3 is 0 Å². The van der Waals surface area contributed by atoms with Crippen LogP contribution in [0.15, 0.2) is 30.7 Å². The fourth-order valence-electron chi connectivity index (χ4n) is 2.92. The zero-order chi connectivity index (χ0) is 15.3. The second-order valence-electron chi connectivity index (χ2n) is 5.44. The third-order valence-electron chi connectivity index (χ3n) is 4.10. The van der Waals surface area contributed by atoms with Crippen molar-refractivity contribution >= 4 is 10.9 Å². The van der Waals surface area contributed by atoms with Gasteiger partial charge < -0.3 is 9.84 Å². The van der Waals surface area contributed by atoms with Crippen molar-refractivity contribution in [1.82, 2.24) is 14.8 Å². The molecule has 6 heteroatoms. The lowest BCUT2D eigenvalue weighted by molar-refractivity contribution is 0.00981. The van der Waals surface area contributed by atoms with Crippen molar-refractivity contribution in [1.29, 1.82) is 0 Å². The van der Waals surface area contributed by atoms with E-state index >= 15 is 0 Å². The molecule has 0 radical (unpaired) electrons. The maximum Gasteiger partial charge on any atom is 0.131 e. The molecule has 0 saturated heterocycles. The molecule has 0 amide bonds. The Hall–Kier alpha value is -2.31. The number of nitrogens with zero attached hydrogens (tertiary/aromatic N) is 3. The van der Waals surface area contributed by atoms with Crippen LogP contribution in [0.4, 0.5) is 4.39 Å². The Morgan fingerprint density at radius 3 is 3.00 bits per heavy atom. The minimum atomic E-state index is -0.723. The highest BCUT2D eigenvalue weighted by Crippen LogP contribution is 2.35. The SMILES string of the molecule is Cn1ncc2cc(F)c(-c3cncc4c3COCC4O)cc21. The molecule has 0 aliphatic carbocycles. The molecule has 2 aromatic heterocycles. The van der Waals surface area contributed by atoms with Gasteiger partial charge in [-0.2, -0.15) is 5.10 Å². The van der Waals surface area contributed by atoms with Crippen LogP contribution in [0.1, 0.15) is 17.2 Å². The molecule has 0 spiro atoms. The van der Waals surface area contributed by atoms with Gasteiger partial charge in [0.25, 0.3) is 0 Å². The van der Waals surface area contributed by atoms with Crippen molar-refractivity contribution < 1.29 is 14.2 Å². The van der Waals surface area contributed by atoms with Crippen LogP contribution in [0.5, 0.6) is 0 Å². The number of aromatic nitrogens is 3. The predicted octanol–water partition coefficient (Wildman–Crippen LogP) is 2.34. The number of pyridine rings is 1. The van der Waals surface area contributed by atoms with E-state index in [2.05, 4.69) is 10.1 Å². The number of hydrogen-bond donors (Lipinski definition) is 1. The highest BCUT2D eigenvalue weighted by molar-refractivity contribution is 5.85. The van der Waals surface area contributed by atoms with Crippen molar-refractivity contribution in [2.45, 2.75) is 12.7 Å². The van der Waals surface area contributed by atoms with Crippen LogP contribution in [0, 0.1) is 5.82 Å². The van der Waals surface area contributed by atoms with Crippen molar-refractivity contribution in [2.24, 2.45) is 7.05 Å². The summed E-state index contributed by atoms with van der Waals surface area (Å²) in [6.07, 6.45) is 4.14. The van der Waals surface area contributed by atoms with Crippen molar-refractivity contribution in [3.63, 3.8) is 0 Å². The fraction of sp³-hybridized carbons (Fsp3) is 0.250. The number of ether oxygens (including phenoxy) is 1. The van der Waals surface area contributed by atoms with Gasteiger partial charge in [0.05, 0.1) is 24.9 Å². The predicted molar refractivity (Wildman–Crippen MR) is 78.5 cm³/mol. The van der Waals surface area contributed by atoms with Gasteiger partial charge in [0.1, 0.15) is 11.9 Å². The normalized spacial score (nSPS) is 17.7. The topological polar surface area (TPSA) is 60.2 Å². The summed E-state index contributed by atoms with van der Waals surface area (Å²) in [5.41, 5.74) is 3.42. The lowest BCUT2D eigenvalue weighted by Crippen LogP contribution is -2.17. The zero-order valence-corrected chi connectivity index (χ0v) is 12.0. The van der Waals surface area contributed by atoms with E-state index in [0.717, 1.165) is 16.5 Å². The molecule has 22 heavy (non-hydrogen) atoms. The molecule has 1 aliphatic rings. The monoisotopic (exact) mass is 299 g/mol. The average molecular weight is 299 g/mol. The van der Waals surface area contributed by atoms with E-state index in [1.165, 1.54) is 6.07 Å². The number of fused-ring (bicyclic) bond motifs is 2. The van der Waals surface area contributed by atoms with E-state index in [-0.39, 0.29) is 12.4 Å². The molecular formula is C16H14FN3O2. The second-order valence-corrected chi connectivity index (χ2v) is 5.44. The molecule has 1 unspecified atom stereocenters. The minimum Gasteiger partial charge on any atom is -0.386 e. The van der Waals surface area contributed by atoms with Crippen LogP contribution < -0.4 is 0 Å². The van der Waals surface area contributed by atoms with Crippen LogP contribution in [-0.2, 0) is 18.4 Å². The number of rotatable bonds is 1. The zero-order valence-electron chi connectivity index (χ0n) is 12.0. The van der Waals surface area contributed by atoms with E-state index in [4.69, 9.17) is 4.74 Å². The van der Waals surface area contributed by atoms with Gasteiger partial charge in [-0.1, -0.05) is 0 Å². The summed E-state index contributed by atoms with van der Waals surface area (Å²) in [4.78, 5) is 4.15. The summed E-state index contributed by atoms with van der Waals surface area (Å²) in [6, 6.07) is 3.23. The third-order valence-corrected chi connectivity index (χ3v) is 4.10. The Morgan fingerprint density at radius 2 is 2.14 bits per heavy atom. The maximum atomic E-state index is 14.5. The molecule has 5 nitrogen and oxygen atoms in total. The van der Waals surface area contributed by atoms with Gasteiger partial charge in [0, 0.05) is 41.5 Å². The van der Waals surface area contributed by atoms with Crippen molar-refractivity contribution in [2.75, 3.05) is 6.61 Å². The summed E-state index contributed by atoms with van der Waals surface area (Å²) >= 11 is 0. The summed E-state index contributed by atoms with van der Waals surface area (Å²) < 4.78 is 21.6. The molecule has 112 valence electrons. The quantitative estimate of drug-likeness (QED) is 0.749. The molecule has 0 bridgehead atoms. The second kappa shape index (κ2) is 4.86. The molecule has 3 heterocycles. The van der Waals surface area contributed by atoms with E-state index in [9.17, 15) is 9.50 Å². The first kappa shape index (κ1) is 13.4. The van der Waals surface area contributed by atoms with Crippen LogP contribution in [-0.4, -0.2) is 26.5 Å². The van der Waals surface area contributed by atoms with E-state index in [1.54, 1.807) is 29.3 Å². The number of aliphatic hydroxyl groups is 1. The number of aliphatic hydroxyl groups excluding tert-OH is 1. The summed E-state index contributed by atoms with van der Waals surface area (Å²) in [6.45, 7) is 0.578. The van der Waals surface area contributed by atoms with Gasteiger partial charge in [-0.3, -0.25) is 9.67 Å². The summed E-state index contributed by atoms with van der Waals surface area (Å²) in [5, 5.41) is 14.9. The molecule has 4 rings (SSSR count). The Labute approximate surface area is 126 Å². The first-order valence-electron chi connectivity index (χ1n) is 6.99. The molecule has 1 N–H and O–H groups in total. The van der Waals surface area contributed by atoms with Gasteiger partial charge in [0.2, 0.25) is 0 Å². The minimum absolute atomic E-state index is 0.237. The van der Waals surface area contributed by atoms with Crippen LogP contribution >= 0.6 is 0 Å². The average Bonchev–Trinajstić information content (AvgIpc) is 2.87. The van der Waals surface area contributed by atoms with Crippen molar-refractivity contribution in [3.8, 4) is 11.1 Å². The molecular weight excluding hydrogens is 285 g/mol. The molecule has 1 aliphatic heterocycles. The summed E-state index contributed by atoms with van der Waals surface area (Å²) in [5.74, 6) is -0.337. The standard InChI is InChI=1S/C16H14FN3O2/c1-20-15-3-10(14(17)2-9(15)4-19-20)11-5-18-6-12-13(11)7-22-8-16(12)21/h2-6,16,21H,7-8H2,1H3. The Morgan fingerprint density at radius 1 is 1.27 bits per heavy atom. The number of aryl methyl sites for hydroxylation is 1. The van der Waals surface area contributed by atoms with Gasteiger partial charge in [-0.05, 0) is 17.7 Å². The third kappa shape index (κ3) is 1.92. The smallest absolute Gasteiger partial charge is 0.131 e. The van der Waals surface area contributed by atoms with Crippen LogP contribution in [0.25, 0.3) is 22.0 Å². The highest BCUT2D eigenvalue weighted by atomic mass is 19.1. The summed E-state index contributed by atoms with van der Waals surface area (Å²) in [7, 11) is 1.82. The van der Waals surface area contributed by atoms with Crippen LogP contribution in [0.2, 0.25) is 0 Å². The van der Waals surface area contributed by atoms with Gasteiger partial charge in [0.15, 0.2) is 0 Å². The Kier molecular flexibility index (Phi) is 2.95. The molecule has 1 aromatic carbocycles. The van der Waals surface area contributed by atoms with E-state index < -0.39 is 6.10 Å². The van der Waals surface area contributed by atoms with Crippen molar-refractivity contribution in [3.05, 3.63) is 47.7 Å². The van der Waals surface area contributed by atoms with Gasteiger partial charge in [-0.25, -0.2) is 4.39 Å².